The van der Waals surface area contributed by atoms with Gasteiger partial charge in [0, 0.05) is 15.0 Å². The van der Waals surface area contributed by atoms with E-state index in [4.69, 9.17) is 0 Å². The molecule has 1 aliphatic rings. The summed E-state index contributed by atoms with van der Waals surface area (Å²) >= 11 is 7.26. The Morgan fingerprint density at radius 2 is 1.65 bits per heavy atom. The zero-order valence-electron chi connectivity index (χ0n) is 12.3. The second kappa shape index (κ2) is 8.55. The van der Waals surface area contributed by atoms with Crippen molar-refractivity contribution in [1.82, 2.24) is 5.32 Å². The maximum absolute atomic E-state index is 3.80. The molecule has 0 radical (unpaired) electrons. The zero-order chi connectivity index (χ0) is 14.4. The van der Waals surface area contributed by atoms with Crippen molar-refractivity contribution >= 4 is 31.9 Å². The van der Waals surface area contributed by atoms with E-state index in [1.54, 1.807) is 0 Å². The second-order valence-corrected chi connectivity index (χ2v) is 7.72. The third-order valence-electron chi connectivity index (χ3n) is 4.23. The standard InChI is InChI=1S/C17H25Br2N/c1-2-9-20-17(13-7-5-3-4-6-8-13)14-10-15(18)12-16(19)11-14/h10-13,17,20H,2-9H2,1H3. The highest BCUT2D eigenvalue weighted by Gasteiger charge is 2.24. The highest BCUT2D eigenvalue weighted by atomic mass is 79.9. The molecule has 1 nitrogen and oxygen atoms in total. The number of rotatable bonds is 5. The first-order chi connectivity index (χ1) is 9.70. The van der Waals surface area contributed by atoms with E-state index in [9.17, 15) is 0 Å². The third kappa shape index (κ3) is 4.85. The fourth-order valence-electron chi connectivity index (χ4n) is 3.26. The number of hydrogen-bond donors (Lipinski definition) is 1. The van der Waals surface area contributed by atoms with Crippen LogP contribution in [0.25, 0.3) is 0 Å². The van der Waals surface area contributed by atoms with E-state index in [1.807, 2.05) is 0 Å². The van der Waals surface area contributed by atoms with Gasteiger partial charge >= 0.3 is 0 Å². The number of hydrogen-bond acceptors (Lipinski definition) is 1. The van der Waals surface area contributed by atoms with Gasteiger partial charge in [-0.05, 0) is 55.5 Å². The lowest BCUT2D eigenvalue weighted by atomic mass is 9.87. The zero-order valence-corrected chi connectivity index (χ0v) is 15.5. The molecule has 1 fully saturated rings. The average Bonchev–Trinajstić information content (AvgIpc) is 2.67. The molecule has 1 aliphatic carbocycles. The lowest BCUT2D eigenvalue weighted by Gasteiger charge is -2.28. The van der Waals surface area contributed by atoms with Gasteiger partial charge in [-0.2, -0.15) is 0 Å². The summed E-state index contributed by atoms with van der Waals surface area (Å²) in [6, 6.07) is 7.18. The Bertz CT molecular complexity index is 391. The first kappa shape index (κ1) is 16.5. The Morgan fingerprint density at radius 1 is 1.05 bits per heavy atom. The van der Waals surface area contributed by atoms with E-state index in [0.717, 1.165) is 12.5 Å². The molecule has 1 aromatic rings. The molecule has 1 atom stereocenters. The maximum atomic E-state index is 3.80. The summed E-state index contributed by atoms with van der Waals surface area (Å²) in [5.41, 5.74) is 1.42. The molecule has 0 spiro atoms. The van der Waals surface area contributed by atoms with Gasteiger partial charge in [-0.15, -0.1) is 0 Å². The average molecular weight is 403 g/mol. The summed E-state index contributed by atoms with van der Waals surface area (Å²) in [4.78, 5) is 0. The van der Waals surface area contributed by atoms with Gasteiger partial charge < -0.3 is 5.32 Å². The van der Waals surface area contributed by atoms with Crippen molar-refractivity contribution in [2.75, 3.05) is 6.54 Å². The van der Waals surface area contributed by atoms with E-state index in [2.05, 4.69) is 62.3 Å². The first-order valence-corrected chi connectivity index (χ1v) is 9.48. The molecule has 112 valence electrons. The SMILES string of the molecule is CCCNC(c1cc(Br)cc(Br)c1)C1CCCCCC1. The lowest BCUT2D eigenvalue weighted by molar-refractivity contribution is 0.325. The van der Waals surface area contributed by atoms with Crippen molar-refractivity contribution in [1.29, 1.82) is 0 Å². The van der Waals surface area contributed by atoms with Crippen molar-refractivity contribution < 1.29 is 0 Å². The maximum Gasteiger partial charge on any atom is 0.0349 e. The van der Waals surface area contributed by atoms with Crippen LogP contribution in [0.5, 0.6) is 0 Å². The van der Waals surface area contributed by atoms with Crippen LogP contribution in [0.3, 0.4) is 0 Å². The molecule has 1 N–H and O–H groups in total. The summed E-state index contributed by atoms with van der Waals surface area (Å²) in [5, 5.41) is 3.80. The minimum absolute atomic E-state index is 0.502. The molecule has 0 saturated heterocycles. The Kier molecular flexibility index (Phi) is 7.06. The van der Waals surface area contributed by atoms with Crippen LogP contribution in [0.2, 0.25) is 0 Å². The van der Waals surface area contributed by atoms with Gasteiger partial charge in [-0.25, -0.2) is 0 Å². The van der Waals surface area contributed by atoms with Crippen molar-refractivity contribution in [3.8, 4) is 0 Å². The summed E-state index contributed by atoms with van der Waals surface area (Å²) in [6.45, 7) is 3.35. The normalized spacial score (nSPS) is 18.8. The van der Waals surface area contributed by atoms with E-state index in [-0.39, 0.29) is 0 Å². The molecule has 20 heavy (non-hydrogen) atoms. The van der Waals surface area contributed by atoms with Gasteiger partial charge in [-0.1, -0.05) is 64.5 Å². The predicted molar refractivity (Wildman–Crippen MR) is 94.1 cm³/mol. The molecule has 1 saturated carbocycles. The van der Waals surface area contributed by atoms with Gasteiger partial charge in [0.05, 0.1) is 0 Å². The predicted octanol–water partition coefficient (Wildman–Crippen LogP) is 6.22. The van der Waals surface area contributed by atoms with Crippen LogP contribution in [-0.2, 0) is 0 Å². The summed E-state index contributed by atoms with van der Waals surface area (Å²) < 4.78 is 2.33. The molecule has 0 heterocycles. The van der Waals surface area contributed by atoms with E-state index >= 15 is 0 Å². The van der Waals surface area contributed by atoms with Gasteiger partial charge in [-0.3, -0.25) is 0 Å². The van der Waals surface area contributed by atoms with Gasteiger partial charge in [0.1, 0.15) is 0 Å². The molecular formula is C17H25Br2N. The monoisotopic (exact) mass is 401 g/mol. The second-order valence-electron chi connectivity index (χ2n) is 5.89. The quantitative estimate of drug-likeness (QED) is 0.576. The molecule has 1 unspecified atom stereocenters. The van der Waals surface area contributed by atoms with Crippen molar-refractivity contribution in [3.05, 3.63) is 32.7 Å². The van der Waals surface area contributed by atoms with Crippen molar-refractivity contribution in [2.45, 2.75) is 57.9 Å². The van der Waals surface area contributed by atoms with Gasteiger partial charge in [0.15, 0.2) is 0 Å². The molecule has 0 aromatic heterocycles. The van der Waals surface area contributed by atoms with Gasteiger partial charge in [0.25, 0.3) is 0 Å². The van der Waals surface area contributed by atoms with E-state index in [1.165, 1.54) is 59.5 Å². The fourth-order valence-corrected chi connectivity index (χ4v) is 4.58. The number of halogens is 2. The van der Waals surface area contributed by atoms with Crippen LogP contribution >= 0.6 is 31.9 Å². The van der Waals surface area contributed by atoms with E-state index < -0.39 is 0 Å². The molecule has 0 aliphatic heterocycles. The van der Waals surface area contributed by atoms with Gasteiger partial charge in [0.2, 0.25) is 0 Å². The highest BCUT2D eigenvalue weighted by molar-refractivity contribution is 9.11. The Hall–Kier alpha value is 0.140. The van der Waals surface area contributed by atoms with Crippen LogP contribution in [0, 0.1) is 5.92 Å². The van der Waals surface area contributed by atoms with E-state index in [0.29, 0.717) is 6.04 Å². The summed E-state index contributed by atoms with van der Waals surface area (Å²) in [6.07, 6.45) is 9.54. The first-order valence-electron chi connectivity index (χ1n) is 7.90. The van der Waals surface area contributed by atoms with Crippen LogP contribution in [0.1, 0.15) is 63.5 Å². The third-order valence-corrected chi connectivity index (χ3v) is 5.15. The highest BCUT2D eigenvalue weighted by Crippen LogP contribution is 2.35. The summed E-state index contributed by atoms with van der Waals surface area (Å²) in [5.74, 6) is 0.783. The van der Waals surface area contributed by atoms with Crippen LogP contribution in [-0.4, -0.2) is 6.54 Å². The minimum atomic E-state index is 0.502. The largest absolute Gasteiger partial charge is 0.310 e. The Morgan fingerprint density at radius 3 is 2.20 bits per heavy atom. The molecule has 2 rings (SSSR count). The number of benzene rings is 1. The molecular weight excluding hydrogens is 378 g/mol. The molecule has 1 aromatic carbocycles. The van der Waals surface area contributed by atoms with Crippen LogP contribution in [0.4, 0.5) is 0 Å². The minimum Gasteiger partial charge on any atom is -0.310 e. The fraction of sp³-hybridized carbons (Fsp3) is 0.647. The molecule has 3 heteroatoms. The van der Waals surface area contributed by atoms with Crippen LogP contribution < -0.4 is 5.32 Å². The lowest BCUT2D eigenvalue weighted by Crippen LogP contribution is -2.29. The molecule has 0 bridgehead atoms. The Labute approximate surface area is 140 Å². The Balaban J connectivity index is 2.20. The van der Waals surface area contributed by atoms with Crippen molar-refractivity contribution in [3.63, 3.8) is 0 Å². The summed E-state index contributed by atoms with van der Waals surface area (Å²) in [7, 11) is 0. The number of nitrogens with one attached hydrogen (secondary N) is 1. The topological polar surface area (TPSA) is 12.0 Å². The van der Waals surface area contributed by atoms with Crippen LogP contribution in [0.15, 0.2) is 27.1 Å². The smallest absolute Gasteiger partial charge is 0.0349 e. The van der Waals surface area contributed by atoms with Crippen molar-refractivity contribution in [2.24, 2.45) is 5.92 Å². The molecule has 0 amide bonds.